The van der Waals surface area contributed by atoms with Crippen molar-refractivity contribution in [1.82, 2.24) is 14.9 Å². The average Bonchev–Trinajstić information content (AvgIpc) is 3.05. The first kappa shape index (κ1) is 16.2. The fourth-order valence-corrected chi connectivity index (χ4v) is 2.97. The first-order chi connectivity index (χ1) is 11.7. The lowest BCUT2D eigenvalue weighted by molar-refractivity contribution is -0.123. The van der Waals surface area contributed by atoms with Crippen LogP contribution in [0.5, 0.6) is 0 Å². The second kappa shape index (κ2) is 7.77. The molecule has 1 aromatic carbocycles. The third kappa shape index (κ3) is 4.01. The van der Waals surface area contributed by atoms with Crippen LogP contribution in [0, 0.1) is 0 Å². The predicted octanol–water partition coefficient (Wildman–Crippen LogP) is 1.76. The number of carbonyl (C=O) groups is 2. The highest BCUT2D eigenvalue weighted by molar-refractivity contribution is 5.99. The summed E-state index contributed by atoms with van der Waals surface area (Å²) in [5.41, 5.74) is 2.00. The van der Waals surface area contributed by atoms with E-state index in [9.17, 15) is 9.59 Å². The lowest BCUT2D eigenvalue weighted by Crippen LogP contribution is -2.41. The molecule has 0 spiro atoms. The predicted molar refractivity (Wildman–Crippen MR) is 91.6 cm³/mol. The van der Waals surface area contributed by atoms with Gasteiger partial charge in [-0.3, -0.25) is 9.59 Å². The molecule has 2 aromatic rings. The Morgan fingerprint density at radius 3 is 2.96 bits per heavy atom. The molecule has 0 atom stereocenters. The van der Waals surface area contributed by atoms with E-state index in [1.165, 1.54) is 0 Å². The van der Waals surface area contributed by atoms with Crippen LogP contribution in [0.15, 0.2) is 43.0 Å². The molecule has 3 rings (SSSR count). The Kier molecular flexibility index (Phi) is 5.25. The zero-order valence-corrected chi connectivity index (χ0v) is 13.6. The topological polar surface area (TPSA) is 67.2 Å². The molecule has 1 aromatic heterocycles. The van der Waals surface area contributed by atoms with Gasteiger partial charge in [0.1, 0.15) is 6.54 Å². The lowest BCUT2D eigenvalue weighted by atomic mass is 10.1. The number of imidazole rings is 1. The monoisotopic (exact) mass is 326 g/mol. The summed E-state index contributed by atoms with van der Waals surface area (Å²) in [4.78, 5) is 30.2. The van der Waals surface area contributed by atoms with Crippen LogP contribution in [0.2, 0.25) is 0 Å². The number of nitrogens with zero attached hydrogens (tertiary/aromatic N) is 3. The first-order valence-corrected chi connectivity index (χ1v) is 8.35. The molecule has 0 unspecified atom stereocenters. The molecular formula is C18H22N4O2. The Balaban J connectivity index is 1.54. The number of benzene rings is 1. The van der Waals surface area contributed by atoms with Gasteiger partial charge in [-0.05, 0) is 30.9 Å². The molecule has 126 valence electrons. The minimum absolute atomic E-state index is 0.0218. The third-order valence-electron chi connectivity index (χ3n) is 4.20. The number of amides is 2. The minimum atomic E-state index is -0.120. The highest BCUT2D eigenvalue weighted by atomic mass is 16.2. The van der Waals surface area contributed by atoms with Crippen molar-refractivity contribution < 1.29 is 9.59 Å². The number of hydrogen-bond acceptors (Lipinski definition) is 3. The second-order valence-corrected chi connectivity index (χ2v) is 5.97. The van der Waals surface area contributed by atoms with E-state index in [4.69, 9.17) is 0 Å². The second-order valence-electron chi connectivity index (χ2n) is 5.97. The standard InChI is InChI=1S/C18H22N4O2/c23-17(20-9-4-11-21-12-10-19-14-21)13-22-16-7-2-1-5-15(16)6-3-8-18(22)24/h1-2,5,7,10,12,14H,3-4,6,8-9,11,13H2,(H,20,23). The van der Waals surface area contributed by atoms with E-state index in [1.807, 2.05) is 35.0 Å². The van der Waals surface area contributed by atoms with Crippen LogP contribution in [0.4, 0.5) is 5.69 Å². The highest BCUT2D eigenvalue weighted by Gasteiger charge is 2.23. The molecule has 1 N–H and O–H groups in total. The Labute approximate surface area is 141 Å². The van der Waals surface area contributed by atoms with Crippen LogP contribution in [0.25, 0.3) is 0 Å². The van der Waals surface area contributed by atoms with E-state index in [1.54, 1.807) is 17.4 Å². The first-order valence-electron chi connectivity index (χ1n) is 8.35. The van der Waals surface area contributed by atoms with Gasteiger partial charge in [-0.15, -0.1) is 0 Å². The Bertz CT molecular complexity index is 697. The summed E-state index contributed by atoms with van der Waals surface area (Å²) in [6.07, 6.45) is 8.42. The fourth-order valence-electron chi connectivity index (χ4n) is 2.97. The molecule has 0 saturated heterocycles. The van der Waals surface area contributed by atoms with Gasteiger partial charge in [-0.1, -0.05) is 18.2 Å². The van der Waals surface area contributed by atoms with Gasteiger partial charge < -0.3 is 14.8 Å². The number of carbonyl (C=O) groups excluding carboxylic acids is 2. The largest absolute Gasteiger partial charge is 0.354 e. The maximum absolute atomic E-state index is 12.3. The molecular weight excluding hydrogens is 304 g/mol. The zero-order chi connectivity index (χ0) is 16.8. The van der Waals surface area contributed by atoms with Gasteiger partial charge in [0, 0.05) is 37.6 Å². The van der Waals surface area contributed by atoms with Gasteiger partial charge in [-0.2, -0.15) is 0 Å². The summed E-state index contributed by atoms with van der Waals surface area (Å²) in [6.45, 7) is 1.48. The molecule has 24 heavy (non-hydrogen) atoms. The highest BCUT2D eigenvalue weighted by Crippen LogP contribution is 2.26. The van der Waals surface area contributed by atoms with Crippen LogP contribution in [0.3, 0.4) is 0 Å². The summed E-state index contributed by atoms with van der Waals surface area (Å²) in [6, 6.07) is 7.84. The van der Waals surface area contributed by atoms with Gasteiger partial charge in [-0.25, -0.2) is 4.98 Å². The van der Waals surface area contributed by atoms with Crippen molar-refractivity contribution in [2.45, 2.75) is 32.2 Å². The minimum Gasteiger partial charge on any atom is -0.354 e. The molecule has 1 aliphatic rings. The molecule has 2 amide bonds. The van der Waals surface area contributed by atoms with Crippen LogP contribution in [-0.4, -0.2) is 34.5 Å². The maximum atomic E-state index is 12.3. The third-order valence-corrected chi connectivity index (χ3v) is 4.20. The number of nitrogens with one attached hydrogen (secondary N) is 1. The van der Waals surface area contributed by atoms with Crippen molar-refractivity contribution in [2.24, 2.45) is 0 Å². The molecule has 6 nitrogen and oxygen atoms in total. The number of aryl methyl sites for hydroxylation is 2. The molecule has 0 saturated carbocycles. The number of para-hydroxylation sites is 1. The quantitative estimate of drug-likeness (QED) is 0.823. The van der Waals surface area contributed by atoms with E-state index in [0.29, 0.717) is 13.0 Å². The SMILES string of the molecule is O=C(CN1C(=O)CCCc2ccccc21)NCCCn1ccnc1. The number of rotatable bonds is 6. The van der Waals surface area contributed by atoms with Crippen molar-refractivity contribution in [1.29, 1.82) is 0 Å². The summed E-state index contributed by atoms with van der Waals surface area (Å²) in [7, 11) is 0. The number of hydrogen-bond donors (Lipinski definition) is 1. The van der Waals surface area contributed by atoms with Gasteiger partial charge in [0.25, 0.3) is 0 Å². The van der Waals surface area contributed by atoms with Crippen LogP contribution in [0.1, 0.15) is 24.8 Å². The average molecular weight is 326 g/mol. The lowest BCUT2D eigenvalue weighted by Gasteiger charge is -2.22. The Hall–Kier alpha value is -2.63. The van der Waals surface area contributed by atoms with E-state index in [2.05, 4.69) is 10.3 Å². The number of fused-ring (bicyclic) bond motifs is 1. The molecule has 1 aliphatic heterocycles. The van der Waals surface area contributed by atoms with Gasteiger partial charge in [0.2, 0.25) is 11.8 Å². The molecule has 0 bridgehead atoms. The Morgan fingerprint density at radius 1 is 1.25 bits per heavy atom. The molecule has 6 heteroatoms. The molecule has 0 aliphatic carbocycles. The maximum Gasteiger partial charge on any atom is 0.240 e. The van der Waals surface area contributed by atoms with Crippen molar-refractivity contribution in [3.05, 3.63) is 48.5 Å². The summed E-state index contributed by atoms with van der Waals surface area (Å²) in [5.74, 6) is -0.0980. The van der Waals surface area contributed by atoms with E-state index in [0.717, 1.165) is 37.1 Å². The Morgan fingerprint density at radius 2 is 2.12 bits per heavy atom. The van der Waals surface area contributed by atoms with Crippen molar-refractivity contribution in [3.8, 4) is 0 Å². The van der Waals surface area contributed by atoms with E-state index in [-0.39, 0.29) is 18.4 Å². The van der Waals surface area contributed by atoms with Crippen molar-refractivity contribution in [3.63, 3.8) is 0 Å². The smallest absolute Gasteiger partial charge is 0.240 e. The van der Waals surface area contributed by atoms with Crippen molar-refractivity contribution in [2.75, 3.05) is 18.0 Å². The zero-order valence-electron chi connectivity index (χ0n) is 13.6. The van der Waals surface area contributed by atoms with Gasteiger partial charge >= 0.3 is 0 Å². The summed E-state index contributed by atoms with van der Waals surface area (Å²) >= 11 is 0. The van der Waals surface area contributed by atoms with Crippen molar-refractivity contribution >= 4 is 17.5 Å². The fraction of sp³-hybridized carbons (Fsp3) is 0.389. The summed E-state index contributed by atoms with van der Waals surface area (Å²) in [5, 5.41) is 2.90. The van der Waals surface area contributed by atoms with Crippen LogP contribution >= 0.6 is 0 Å². The van der Waals surface area contributed by atoms with Crippen LogP contribution < -0.4 is 10.2 Å². The summed E-state index contributed by atoms with van der Waals surface area (Å²) < 4.78 is 1.97. The van der Waals surface area contributed by atoms with Gasteiger partial charge in [0.15, 0.2) is 0 Å². The molecule has 0 radical (unpaired) electrons. The number of anilines is 1. The molecule has 0 fully saturated rings. The van der Waals surface area contributed by atoms with E-state index >= 15 is 0 Å². The van der Waals surface area contributed by atoms with Crippen LogP contribution in [-0.2, 0) is 22.6 Å². The van der Waals surface area contributed by atoms with E-state index < -0.39 is 0 Å². The molecule has 2 heterocycles. The number of aromatic nitrogens is 2. The van der Waals surface area contributed by atoms with Gasteiger partial charge in [0.05, 0.1) is 6.33 Å². The normalized spacial score (nSPS) is 14.2.